The number of aliphatic hydroxyl groups is 2. The third-order valence-electron chi connectivity index (χ3n) is 5.78. The molecule has 1 aliphatic rings. The van der Waals surface area contributed by atoms with Gasteiger partial charge in [-0.1, -0.05) is 26.2 Å². The van der Waals surface area contributed by atoms with Crippen molar-refractivity contribution in [2.24, 2.45) is 0 Å². The number of phenolic OH excluding ortho intramolecular Hbond substituents is 1. The third kappa shape index (κ3) is 9.05. The van der Waals surface area contributed by atoms with E-state index in [1.54, 1.807) is 12.1 Å². The molecular weight excluding hydrogens is 398 g/mol. The van der Waals surface area contributed by atoms with Gasteiger partial charge in [-0.25, -0.2) is 0 Å². The number of unbranched alkanes of at least 4 members (excludes halogenated alkanes) is 2. The number of phenols is 1. The molecule has 7 heteroatoms. The maximum absolute atomic E-state index is 11.5. The highest BCUT2D eigenvalue weighted by Gasteiger charge is 2.21. The van der Waals surface area contributed by atoms with Gasteiger partial charge in [-0.2, -0.15) is 0 Å². The molecule has 2 atom stereocenters. The van der Waals surface area contributed by atoms with Crippen LogP contribution in [0.2, 0.25) is 0 Å². The van der Waals surface area contributed by atoms with E-state index in [0.717, 1.165) is 50.8 Å². The van der Waals surface area contributed by atoms with Crippen molar-refractivity contribution in [2.75, 3.05) is 13.1 Å². The lowest BCUT2D eigenvalue weighted by Gasteiger charge is -2.25. The molecule has 0 spiro atoms. The van der Waals surface area contributed by atoms with Gasteiger partial charge in [0.05, 0.1) is 12.7 Å². The van der Waals surface area contributed by atoms with Crippen molar-refractivity contribution < 1.29 is 29.6 Å². The molecule has 4 N–H and O–H groups in total. The number of piperidine rings is 1. The molecule has 1 aliphatic heterocycles. The molecule has 1 heterocycles. The second kappa shape index (κ2) is 13.6. The van der Waals surface area contributed by atoms with Crippen molar-refractivity contribution in [2.45, 2.75) is 96.6 Å². The summed E-state index contributed by atoms with van der Waals surface area (Å²) in [5, 5.41) is 33.7. The Bertz CT molecular complexity index is 674. The van der Waals surface area contributed by atoms with Crippen LogP contribution in [0.4, 0.5) is 0 Å². The smallest absolute Gasteiger partial charge is 0.302 e. The van der Waals surface area contributed by atoms with Crippen LogP contribution in [0.15, 0.2) is 12.1 Å². The standard InChI is InChI=1S/C24H39NO6/c1-3-4-5-6-20(28)15-22(30-17(2)27)8-7-18-14-24(23(29)13-19(18)16-26)31-21-9-11-25-12-10-21/h13-14,20-22,25-26,28-29H,3-12,15-16H2,1-2H3/t20-,22+/m0/s1. The molecule has 0 bridgehead atoms. The normalized spacial score (nSPS) is 16.6. The largest absolute Gasteiger partial charge is 0.504 e. The van der Waals surface area contributed by atoms with Gasteiger partial charge in [-0.05, 0) is 68.5 Å². The lowest BCUT2D eigenvalue weighted by molar-refractivity contribution is -0.148. The summed E-state index contributed by atoms with van der Waals surface area (Å²) in [5.41, 5.74) is 1.47. The van der Waals surface area contributed by atoms with Crippen LogP contribution in [0.5, 0.6) is 11.5 Å². The Kier molecular flexibility index (Phi) is 11.1. The van der Waals surface area contributed by atoms with E-state index in [-0.39, 0.29) is 24.4 Å². The number of aryl methyl sites for hydroxylation is 1. The molecule has 31 heavy (non-hydrogen) atoms. The topological polar surface area (TPSA) is 108 Å². The van der Waals surface area contributed by atoms with Gasteiger partial charge in [0.25, 0.3) is 0 Å². The molecule has 0 radical (unpaired) electrons. The lowest BCUT2D eigenvalue weighted by Crippen LogP contribution is -2.34. The summed E-state index contributed by atoms with van der Waals surface area (Å²) >= 11 is 0. The fourth-order valence-electron chi connectivity index (χ4n) is 4.05. The number of nitrogens with one attached hydrogen (secondary N) is 1. The number of hydrogen-bond donors (Lipinski definition) is 4. The van der Waals surface area contributed by atoms with E-state index in [0.29, 0.717) is 37.0 Å². The lowest BCUT2D eigenvalue weighted by atomic mass is 9.97. The average Bonchev–Trinajstić information content (AvgIpc) is 2.74. The van der Waals surface area contributed by atoms with Crippen LogP contribution >= 0.6 is 0 Å². The quantitative estimate of drug-likeness (QED) is 0.277. The minimum atomic E-state index is -0.508. The highest BCUT2D eigenvalue weighted by atomic mass is 16.5. The number of ether oxygens (including phenoxy) is 2. The van der Waals surface area contributed by atoms with Crippen LogP contribution in [0.25, 0.3) is 0 Å². The van der Waals surface area contributed by atoms with Gasteiger partial charge in [0.2, 0.25) is 0 Å². The summed E-state index contributed by atoms with van der Waals surface area (Å²) in [6.45, 7) is 5.07. The summed E-state index contributed by atoms with van der Waals surface area (Å²) in [6, 6.07) is 3.33. The van der Waals surface area contributed by atoms with Gasteiger partial charge in [0.1, 0.15) is 12.2 Å². The van der Waals surface area contributed by atoms with Crippen molar-refractivity contribution in [1.82, 2.24) is 5.32 Å². The Balaban J connectivity index is 2.04. The number of esters is 1. The highest BCUT2D eigenvalue weighted by Crippen LogP contribution is 2.33. The first-order valence-electron chi connectivity index (χ1n) is 11.6. The van der Waals surface area contributed by atoms with Crippen LogP contribution in [0.3, 0.4) is 0 Å². The summed E-state index contributed by atoms with van der Waals surface area (Å²) in [6.07, 6.45) is 6.16. The zero-order valence-corrected chi connectivity index (χ0v) is 18.9. The monoisotopic (exact) mass is 437 g/mol. The summed E-state index contributed by atoms with van der Waals surface area (Å²) < 4.78 is 11.5. The van der Waals surface area contributed by atoms with Crippen molar-refractivity contribution in [3.63, 3.8) is 0 Å². The molecular formula is C24H39NO6. The summed E-state index contributed by atoms with van der Waals surface area (Å²) in [4.78, 5) is 11.5. The van der Waals surface area contributed by atoms with E-state index >= 15 is 0 Å². The molecule has 0 unspecified atom stereocenters. The minimum Gasteiger partial charge on any atom is -0.504 e. The van der Waals surface area contributed by atoms with Crippen molar-refractivity contribution in [3.05, 3.63) is 23.3 Å². The number of benzene rings is 1. The molecule has 0 saturated carbocycles. The van der Waals surface area contributed by atoms with Gasteiger partial charge >= 0.3 is 5.97 Å². The predicted molar refractivity (Wildman–Crippen MR) is 119 cm³/mol. The number of rotatable bonds is 13. The predicted octanol–water partition coefficient (Wildman–Crippen LogP) is 3.21. The van der Waals surface area contributed by atoms with Crippen LogP contribution in [0.1, 0.15) is 76.3 Å². The number of carbonyl (C=O) groups is 1. The molecule has 0 aliphatic carbocycles. The van der Waals surface area contributed by atoms with E-state index < -0.39 is 12.2 Å². The Labute approximate surface area is 185 Å². The molecule has 2 rings (SSSR count). The van der Waals surface area contributed by atoms with Crippen LogP contribution in [-0.2, 0) is 22.6 Å². The second-order valence-electron chi connectivity index (χ2n) is 8.47. The molecule has 176 valence electrons. The first-order chi connectivity index (χ1) is 14.9. The van der Waals surface area contributed by atoms with Crippen molar-refractivity contribution >= 4 is 5.97 Å². The van der Waals surface area contributed by atoms with Gasteiger partial charge in [-0.15, -0.1) is 0 Å². The maximum atomic E-state index is 11.5. The van der Waals surface area contributed by atoms with E-state index in [4.69, 9.17) is 9.47 Å². The Morgan fingerprint density at radius 2 is 1.94 bits per heavy atom. The summed E-state index contributed by atoms with van der Waals surface area (Å²) in [5.74, 6) is 0.0747. The van der Waals surface area contributed by atoms with Crippen LogP contribution in [-0.4, -0.2) is 52.7 Å². The average molecular weight is 438 g/mol. The number of aliphatic hydroxyl groups excluding tert-OH is 2. The maximum Gasteiger partial charge on any atom is 0.302 e. The fourth-order valence-corrected chi connectivity index (χ4v) is 4.05. The molecule has 7 nitrogen and oxygen atoms in total. The van der Waals surface area contributed by atoms with E-state index in [1.165, 1.54) is 6.92 Å². The van der Waals surface area contributed by atoms with Gasteiger partial charge in [-0.3, -0.25) is 4.79 Å². The van der Waals surface area contributed by atoms with Gasteiger partial charge in [0, 0.05) is 13.3 Å². The van der Waals surface area contributed by atoms with Crippen molar-refractivity contribution in [1.29, 1.82) is 0 Å². The number of carbonyl (C=O) groups excluding carboxylic acids is 1. The zero-order valence-electron chi connectivity index (χ0n) is 18.9. The van der Waals surface area contributed by atoms with Crippen LogP contribution in [0, 0.1) is 0 Å². The summed E-state index contributed by atoms with van der Waals surface area (Å²) in [7, 11) is 0. The first-order valence-corrected chi connectivity index (χ1v) is 11.6. The Morgan fingerprint density at radius 3 is 2.58 bits per heavy atom. The van der Waals surface area contributed by atoms with Gasteiger partial charge in [0.15, 0.2) is 11.5 Å². The minimum absolute atomic E-state index is 0.0224. The highest BCUT2D eigenvalue weighted by molar-refractivity contribution is 5.66. The SMILES string of the molecule is CCCCC[C@H](O)C[C@@H](CCc1cc(OC2CCNCC2)c(O)cc1CO)OC(C)=O. The second-order valence-corrected chi connectivity index (χ2v) is 8.47. The molecule has 1 saturated heterocycles. The molecule has 1 aromatic carbocycles. The zero-order chi connectivity index (χ0) is 22.6. The van der Waals surface area contributed by atoms with E-state index in [9.17, 15) is 20.1 Å². The first kappa shape index (κ1) is 25.4. The fraction of sp³-hybridized carbons (Fsp3) is 0.708. The number of aromatic hydroxyl groups is 1. The van der Waals surface area contributed by atoms with Crippen LogP contribution < -0.4 is 10.1 Å². The molecule has 0 amide bonds. The Hall–Kier alpha value is -1.83. The molecule has 0 aromatic heterocycles. The van der Waals surface area contributed by atoms with Gasteiger partial charge < -0.3 is 30.1 Å². The molecule has 1 fully saturated rings. The Morgan fingerprint density at radius 1 is 1.19 bits per heavy atom. The number of hydrogen-bond acceptors (Lipinski definition) is 7. The van der Waals surface area contributed by atoms with E-state index in [2.05, 4.69) is 12.2 Å². The van der Waals surface area contributed by atoms with Crippen molar-refractivity contribution in [3.8, 4) is 11.5 Å². The van der Waals surface area contributed by atoms with E-state index in [1.807, 2.05) is 0 Å². The molecule has 1 aromatic rings. The third-order valence-corrected chi connectivity index (χ3v) is 5.78.